The Morgan fingerprint density at radius 3 is 2.55 bits per heavy atom. The molecule has 3 aromatic rings. The number of nitro benzene ring substituents is 1. The van der Waals surface area contributed by atoms with Crippen LogP contribution in [0.1, 0.15) is 21.5 Å². The van der Waals surface area contributed by atoms with Crippen molar-refractivity contribution < 1.29 is 23.7 Å². The molecule has 0 atom stereocenters. The number of rotatable bonds is 5. The number of amides is 1. The summed E-state index contributed by atoms with van der Waals surface area (Å²) in [5, 5.41) is 14.1. The zero-order chi connectivity index (χ0) is 21.1. The molecule has 148 valence electrons. The van der Waals surface area contributed by atoms with E-state index < -0.39 is 29.0 Å². The van der Waals surface area contributed by atoms with Crippen LogP contribution in [0.5, 0.6) is 0 Å². The third-order valence-electron chi connectivity index (χ3n) is 4.28. The van der Waals surface area contributed by atoms with Gasteiger partial charge in [0.15, 0.2) is 6.61 Å². The van der Waals surface area contributed by atoms with Gasteiger partial charge in [-0.3, -0.25) is 14.9 Å². The second-order valence-corrected chi connectivity index (χ2v) is 6.32. The number of para-hydroxylation sites is 1. The van der Waals surface area contributed by atoms with E-state index in [0.29, 0.717) is 16.5 Å². The first-order valence-corrected chi connectivity index (χ1v) is 8.52. The Kier molecular flexibility index (Phi) is 5.40. The summed E-state index contributed by atoms with van der Waals surface area (Å²) in [4.78, 5) is 46.8. The molecule has 0 aliphatic rings. The highest BCUT2D eigenvalue weighted by atomic mass is 16.6. The summed E-state index contributed by atoms with van der Waals surface area (Å²) >= 11 is 0. The van der Waals surface area contributed by atoms with Gasteiger partial charge in [0, 0.05) is 11.5 Å². The highest BCUT2D eigenvalue weighted by molar-refractivity contribution is 5.97. The van der Waals surface area contributed by atoms with Crippen molar-refractivity contribution in [3.63, 3.8) is 0 Å². The minimum Gasteiger partial charge on any atom is -0.452 e. The van der Waals surface area contributed by atoms with Gasteiger partial charge in [0.05, 0.1) is 4.92 Å². The zero-order valence-corrected chi connectivity index (χ0v) is 15.6. The van der Waals surface area contributed by atoms with Crippen LogP contribution < -0.4 is 10.9 Å². The molecule has 0 unspecified atom stereocenters. The van der Waals surface area contributed by atoms with Crippen LogP contribution >= 0.6 is 0 Å². The van der Waals surface area contributed by atoms with E-state index in [1.54, 1.807) is 38.1 Å². The maximum absolute atomic E-state index is 12.2. The molecule has 9 nitrogen and oxygen atoms in total. The molecule has 0 fully saturated rings. The van der Waals surface area contributed by atoms with Crippen molar-refractivity contribution in [2.45, 2.75) is 13.8 Å². The number of carbonyl (C=O) groups excluding carboxylic acids is 2. The number of hydrogen-bond donors (Lipinski definition) is 1. The number of hydrogen-bond acceptors (Lipinski definition) is 7. The van der Waals surface area contributed by atoms with Crippen molar-refractivity contribution in [2.75, 3.05) is 11.9 Å². The van der Waals surface area contributed by atoms with E-state index in [1.165, 1.54) is 18.2 Å². The SMILES string of the molecule is Cc1cc(NC(=O)COC(=O)c2cc3ccccc3oc2=O)c([N+](=O)[O-])cc1C. The molecule has 0 aliphatic heterocycles. The van der Waals surface area contributed by atoms with Crippen LogP contribution in [0.2, 0.25) is 0 Å². The Morgan fingerprint density at radius 2 is 1.83 bits per heavy atom. The number of ether oxygens (including phenoxy) is 1. The largest absolute Gasteiger partial charge is 0.452 e. The zero-order valence-electron chi connectivity index (χ0n) is 15.6. The summed E-state index contributed by atoms with van der Waals surface area (Å²) in [5.41, 5.74) is 0.231. The van der Waals surface area contributed by atoms with Gasteiger partial charge in [-0.15, -0.1) is 0 Å². The van der Waals surface area contributed by atoms with Gasteiger partial charge in [-0.05, 0) is 43.2 Å². The highest BCUT2D eigenvalue weighted by Crippen LogP contribution is 2.27. The third-order valence-corrected chi connectivity index (χ3v) is 4.28. The first-order chi connectivity index (χ1) is 13.8. The van der Waals surface area contributed by atoms with Crippen molar-refractivity contribution in [2.24, 2.45) is 0 Å². The second kappa shape index (κ2) is 7.93. The third kappa shape index (κ3) is 4.29. The predicted molar refractivity (Wildman–Crippen MR) is 104 cm³/mol. The van der Waals surface area contributed by atoms with Gasteiger partial charge in [-0.2, -0.15) is 0 Å². The van der Waals surface area contributed by atoms with Crippen LogP contribution in [-0.2, 0) is 9.53 Å². The Hall–Kier alpha value is -4.01. The average molecular weight is 396 g/mol. The Balaban J connectivity index is 1.72. The number of carbonyl (C=O) groups is 2. The molecule has 9 heteroatoms. The minimum atomic E-state index is -1.03. The Labute approximate surface area is 164 Å². The van der Waals surface area contributed by atoms with Crippen molar-refractivity contribution in [1.29, 1.82) is 0 Å². The summed E-state index contributed by atoms with van der Waals surface area (Å²) in [7, 11) is 0. The lowest BCUT2D eigenvalue weighted by Crippen LogP contribution is -2.24. The number of esters is 1. The van der Waals surface area contributed by atoms with Crippen molar-refractivity contribution in [1.82, 2.24) is 0 Å². The average Bonchev–Trinajstić information content (AvgIpc) is 2.68. The predicted octanol–water partition coefficient (Wildman–Crippen LogP) is 3.11. The lowest BCUT2D eigenvalue weighted by atomic mass is 10.1. The maximum Gasteiger partial charge on any atom is 0.351 e. The van der Waals surface area contributed by atoms with Gasteiger partial charge in [0.2, 0.25) is 0 Å². The Bertz CT molecular complexity index is 1200. The molecule has 0 radical (unpaired) electrons. The summed E-state index contributed by atoms with van der Waals surface area (Å²) < 4.78 is 9.92. The quantitative estimate of drug-likeness (QED) is 0.304. The molecular formula is C20H16N2O7. The number of anilines is 1. The highest BCUT2D eigenvalue weighted by Gasteiger charge is 2.20. The normalized spacial score (nSPS) is 10.6. The summed E-state index contributed by atoms with van der Waals surface area (Å²) in [6.45, 7) is 2.73. The summed E-state index contributed by atoms with van der Waals surface area (Å²) in [5.74, 6) is -1.82. The topological polar surface area (TPSA) is 129 Å². The first kappa shape index (κ1) is 19.7. The van der Waals surface area contributed by atoms with Gasteiger partial charge in [0.1, 0.15) is 16.8 Å². The van der Waals surface area contributed by atoms with Crippen LogP contribution in [0.15, 0.2) is 51.7 Å². The molecule has 3 rings (SSSR count). The van der Waals surface area contributed by atoms with E-state index in [0.717, 1.165) is 5.56 Å². The van der Waals surface area contributed by atoms with Crippen LogP contribution in [-0.4, -0.2) is 23.4 Å². The van der Waals surface area contributed by atoms with Crippen LogP contribution in [0.4, 0.5) is 11.4 Å². The minimum absolute atomic E-state index is 0.00984. The number of nitro groups is 1. The Morgan fingerprint density at radius 1 is 1.14 bits per heavy atom. The van der Waals surface area contributed by atoms with Gasteiger partial charge in [-0.25, -0.2) is 9.59 Å². The van der Waals surface area contributed by atoms with Gasteiger partial charge >= 0.3 is 11.6 Å². The van der Waals surface area contributed by atoms with Crippen molar-refractivity contribution >= 4 is 34.2 Å². The fraction of sp³-hybridized carbons (Fsp3) is 0.150. The molecule has 0 saturated heterocycles. The first-order valence-electron chi connectivity index (χ1n) is 8.52. The molecule has 29 heavy (non-hydrogen) atoms. The summed E-state index contributed by atoms with van der Waals surface area (Å²) in [6.07, 6.45) is 0. The fourth-order valence-corrected chi connectivity index (χ4v) is 2.65. The molecular weight excluding hydrogens is 380 g/mol. The van der Waals surface area contributed by atoms with E-state index in [9.17, 15) is 24.5 Å². The van der Waals surface area contributed by atoms with Gasteiger partial charge in [-0.1, -0.05) is 18.2 Å². The number of benzene rings is 2. The lowest BCUT2D eigenvalue weighted by molar-refractivity contribution is -0.384. The molecule has 0 saturated carbocycles. The molecule has 0 aliphatic carbocycles. The number of fused-ring (bicyclic) bond motifs is 1. The maximum atomic E-state index is 12.2. The van der Waals surface area contributed by atoms with Crippen molar-refractivity contribution in [3.8, 4) is 0 Å². The second-order valence-electron chi connectivity index (χ2n) is 6.32. The lowest BCUT2D eigenvalue weighted by Gasteiger charge is -2.09. The molecule has 0 bridgehead atoms. The van der Waals surface area contributed by atoms with Crippen LogP contribution in [0.25, 0.3) is 11.0 Å². The van der Waals surface area contributed by atoms with Crippen molar-refractivity contribution in [3.05, 3.63) is 79.7 Å². The van der Waals surface area contributed by atoms with E-state index >= 15 is 0 Å². The van der Waals surface area contributed by atoms with E-state index in [4.69, 9.17) is 9.15 Å². The number of aryl methyl sites for hydroxylation is 2. The van der Waals surface area contributed by atoms with Crippen LogP contribution in [0, 0.1) is 24.0 Å². The van der Waals surface area contributed by atoms with Crippen LogP contribution in [0.3, 0.4) is 0 Å². The molecule has 1 aromatic heterocycles. The number of nitrogens with zero attached hydrogens (tertiary/aromatic N) is 1. The van der Waals surface area contributed by atoms with E-state index in [1.807, 2.05) is 0 Å². The monoisotopic (exact) mass is 396 g/mol. The van der Waals surface area contributed by atoms with E-state index in [2.05, 4.69) is 5.32 Å². The molecule has 1 heterocycles. The summed E-state index contributed by atoms with van der Waals surface area (Å²) in [6, 6.07) is 10.7. The van der Waals surface area contributed by atoms with E-state index in [-0.39, 0.29) is 16.9 Å². The van der Waals surface area contributed by atoms with Gasteiger partial charge in [0.25, 0.3) is 11.6 Å². The standard InChI is InChI=1S/C20H16N2O7/c1-11-7-15(16(22(26)27)8-12(11)2)21-18(23)10-28-19(24)14-9-13-5-3-4-6-17(13)29-20(14)25/h3-9H,10H2,1-2H3,(H,21,23). The smallest absolute Gasteiger partial charge is 0.351 e. The number of nitrogens with one attached hydrogen (secondary N) is 1. The molecule has 0 spiro atoms. The molecule has 1 N–H and O–H groups in total. The molecule has 2 aromatic carbocycles. The molecule has 1 amide bonds. The van der Waals surface area contributed by atoms with Gasteiger partial charge < -0.3 is 14.5 Å². The fourth-order valence-electron chi connectivity index (χ4n) is 2.65.